The van der Waals surface area contributed by atoms with Crippen LogP contribution in [0.4, 0.5) is 10.1 Å². The van der Waals surface area contributed by atoms with Gasteiger partial charge in [0.05, 0.1) is 0 Å². The van der Waals surface area contributed by atoms with Gasteiger partial charge in [0, 0.05) is 46.9 Å². The van der Waals surface area contributed by atoms with Crippen LogP contribution in [0.2, 0.25) is 5.02 Å². The van der Waals surface area contributed by atoms with Crippen molar-refractivity contribution in [3.05, 3.63) is 82.6 Å². The minimum atomic E-state index is -0.324. The number of hydrogen-bond donors (Lipinski definition) is 3. The summed E-state index contributed by atoms with van der Waals surface area (Å²) in [5.74, 6) is 0.423. The summed E-state index contributed by atoms with van der Waals surface area (Å²) in [5, 5.41) is 3.71. The van der Waals surface area contributed by atoms with Gasteiger partial charge in [0.15, 0.2) is 0 Å². The largest absolute Gasteiger partial charge is 0.485 e. The third-order valence-corrected chi connectivity index (χ3v) is 5.09. The number of ether oxygens (including phenoxy) is 1. The van der Waals surface area contributed by atoms with Crippen LogP contribution in [0, 0.1) is 5.82 Å². The van der Waals surface area contributed by atoms with Crippen molar-refractivity contribution in [1.82, 2.24) is 0 Å². The van der Waals surface area contributed by atoms with E-state index in [4.69, 9.17) is 22.1 Å². The summed E-state index contributed by atoms with van der Waals surface area (Å²) in [5.41, 5.74) is 13.9. The summed E-state index contributed by atoms with van der Waals surface area (Å²) in [6.45, 7) is 1.00. The Labute approximate surface area is 175 Å². The Morgan fingerprint density at radius 2 is 1.79 bits per heavy atom. The Balaban J connectivity index is 0.00000117. The van der Waals surface area contributed by atoms with Gasteiger partial charge < -0.3 is 21.5 Å². The Bertz CT molecular complexity index is 966. The van der Waals surface area contributed by atoms with Crippen LogP contribution in [0.25, 0.3) is 11.1 Å². The van der Waals surface area contributed by atoms with Crippen molar-refractivity contribution in [2.24, 2.45) is 11.5 Å². The summed E-state index contributed by atoms with van der Waals surface area (Å²) in [4.78, 5) is 0. The van der Waals surface area contributed by atoms with Crippen LogP contribution in [-0.4, -0.2) is 20.1 Å². The molecule has 0 amide bonds. The first-order chi connectivity index (χ1) is 14.2. The molecule has 0 bridgehead atoms. The standard InChI is InChI=1S/C22H20ClFN2O.CH5N/c23-16-9-10-19-15(13-20(27-19)14-5-2-1-3-6-14)21(16)22-17(24)7-4-8-18(22)26-12-11-25;1-2/h1-10,20,26H,11-13,25H2;2H2,1H3. The lowest BCUT2D eigenvalue weighted by Crippen LogP contribution is -2.14. The number of nitrogens with one attached hydrogen (secondary N) is 1. The van der Waals surface area contributed by atoms with Gasteiger partial charge in [0.2, 0.25) is 0 Å². The highest BCUT2D eigenvalue weighted by Gasteiger charge is 2.30. The normalized spacial score (nSPS) is 14.4. The van der Waals surface area contributed by atoms with Crippen molar-refractivity contribution < 1.29 is 9.13 Å². The van der Waals surface area contributed by atoms with E-state index in [0.29, 0.717) is 41.3 Å². The molecule has 29 heavy (non-hydrogen) atoms. The molecule has 0 aliphatic carbocycles. The van der Waals surface area contributed by atoms with Crippen molar-refractivity contribution >= 4 is 17.3 Å². The van der Waals surface area contributed by atoms with E-state index in [1.54, 1.807) is 12.1 Å². The smallest absolute Gasteiger partial charge is 0.133 e. The van der Waals surface area contributed by atoms with Crippen LogP contribution in [0.15, 0.2) is 60.7 Å². The molecular formula is C23H25ClFN3O. The maximum absolute atomic E-state index is 14.9. The highest BCUT2D eigenvalue weighted by molar-refractivity contribution is 6.33. The van der Waals surface area contributed by atoms with E-state index in [1.165, 1.54) is 13.1 Å². The molecule has 0 saturated carbocycles. The Kier molecular flexibility index (Phi) is 7.09. The van der Waals surface area contributed by atoms with Gasteiger partial charge in [-0.15, -0.1) is 0 Å². The molecule has 0 saturated heterocycles. The van der Waals surface area contributed by atoms with E-state index in [2.05, 4.69) is 11.1 Å². The van der Waals surface area contributed by atoms with E-state index >= 15 is 0 Å². The predicted octanol–water partition coefficient (Wildman–Crippen LogP) is 4.77. The van der Waals surface area contributed by atoms with Gasteiger partial charge in [0.25, 0.3) is 0 Å². The summed E-state index contributed by atoms with van der Waals surface area (Å²) >= 11 is 6.54. The Morgan fingerprint density at radius 1 is 1.03 bits per heavy atom. The first-order valence-corrected chi connectivity index (χ1v) is 9.90. The number of anilines is 1. The van der Waals surface area contributed by atoms with Crippen molar-refractivity contribution in [3.63, 3.8) is 0 Å². The molecule has 1 aliphatic heterocycles. The second-order valence-electron chi connectivity index (χ2n) is 6.50. The molecule has 3 aromatic rings. The molecule has 152 valence electrons. The number of nitrogens with two attached hydrogens (primary N) is 2. The first kappa shape index (κ1) is 21.1. The molecule has 0 radical (unpaired) electrons. The summed E-state index contributed by atoms with van der Waals surface area (Å²) < 4.78 is 21.0. The molecule has 0 fully saturated rings. The van der Waals surface area contributed by atoms with Gasteiger partial charge >= 0.3 is 0 Å². The second kappa shape index (κ2) is 9.74. The van der Waals surface area contributed by atoms with Gasteiger partial charge in [-0.3, -0.25) is 0 Å². The fourth-order valence-corrected chi connectivity index (χ4v) is 3.82. The lowest BCUT2D eigenvalue weighted by molar-refractivity contribution is 0.238. The number of rotatable bonds is 5. The fourth-order valence-electron chi connectivity index (χ4n) is 3.55. The summed E-state index contributed by atoms with van der Waals surface area (Å²) in [6, 6.07) is 18.6. The lowest BCUT2D eigenvalue weighted by atomic mass is 9.93. The fraction of sp³-hybridized carbons (Fsp3) is 0.217. The number of hydrogen-bond acceptors (Lipinski definition) is 4. The van der Waals surface area contributed by atoms with Crippen molar-refractivity contribution in [1.29, 1.82) is 0 Å². The van der Waals surface area contributed by atoms with E-state index in [-0.39, 0.29) is 11.9 Å². The van der Waals surface area contributed by atoms with Crippen LogP contribution in [0.3, 0.4) is 0 Å². The van der Waals surface area contributed by atoms with Crippen LogP contribution >= 0.6 is 11.6 Å². The average Bonchev–Trinajstić information content (AvgIpc) is 3.19. The summed E-state index contributed by atoms with van der Waals surface area (Å²) in [6.07, 6.45) is 0.533. The van der Waals surface area contributed by atoms with E-state index < -0.39 is 0 Å². The second-order valence-corrected chi connectivity index (χ2v) is 6.91. The van der Waals surface area contributed by atoms with Crippen molar-refractivity contribution in [2.45, 2.75) is 12.5 Å². The zero-order valence-corrected chi connectivity index (χ0v) is 17.0. The minimum absolute atomic E-state index is 0.106. The molecule has 1 heterocycles. The van der Waals surface area contributed by atoms with Gasteiger partial charge in [-0.05, 0) is 36.9 Å². The minimum Gasteiger partial charge on any atom is -0.485 e. The van der Waals surface area contributed by atoms with E-state index in [9.17, 15) is 4.39 Å². The van der Waals surface area contributed by atoms with Gasteiger partial charge in [-0.1, -0.05) is 48.0 Å². The number of benzene rings is 3. The molecule has 3 aromatic carbocycles. The Hall–Kier alpha value is -2.60. The van der Waals surface area contributed by atoms with Gasteiger partial charge in [-0.2, -0.15) is 0 Å². The first-order valence-electron chi connectivity index (χ1n) is 9.52. The molecule has 1 unspecified atom stereocenters. The quantitative estimate of drug-likeness (QED) is 0.563. The molecule has 1 atom stereocenters. The number of fused-ring (bicyclic) bond motifs is 1. The SMILES string of the molecule is CN.NCCNc1cccc(F)c1-c1c(Cl)ccc2c1CC(c1ccccc1)O2. The van der Waals surface area contributed by atoms with Crippen molar-refractivity contribution in [3.8, 4) is 16.9 Å². The van der Waals surface area contributed by atoms with Gasteiger partial charge in [-0.25, -0.2) is 4.39 Å². The third-order valence-electron chi connectivity index (χ3n) is 4.77. The topological polar surface area (TPSA) is 73.3 Å². The predicted molar refractivity (Wildman–Crippen MR) is 118 cm³/mol. The molecule has 4 nitrogen and oxygen atoms in total. The molecule has 5 N–H and O–H groups in total. The van der Waals surface area contributed by atoms with Crippen molar-refractivity contribution in [2.75, 3.05) is 25.5 Å². The lowest BCUT2D eigenvalue weighted by Gasteiger charge is -2.16. The molecule has 6 heteroatoms. The van der Waals surface area contributed by atoms with Crippen LogP contribution < -0.4 is 21.5 Å². The highest BCUT2D eigenvalue weighted by atomic mass is 35.5. The summed E-state index contributed by atoms with van der Waals surface area (Å²) in [7, 11) is 1.50. The zero-order chi connectivity index (χ0) is 20.8. The molecule has 0 spiro atoms. The molecular weight excluding hydrogens is 389 g/mol. The molecule has 1 aliphatic rings. The zero-order valence-electron chi connectivity index (χ0n) is 16.3. The maximum Gasteiger partial charge on any atom is 0.133 e. The Morgan fingerprint density at radius 3 is 2.52 bits per heavy atom. The highest BCUT2D eigenvalue weighted by Crippen LogP contribution is 2.47. The van der Waals surface area contributed by atoms with E-state index in [0.717, 1.165) is 16.9 Å². The third kappa shape index (κ3) is 4.37. The van der Waals surface area contributed by atoms with Crippen LogP contribution in [0.5, 0.6) is 5.75 Å². The maximum atomic E-state index is 14.9. The van der Waals surface area contributed by atoms with Gasteiger partial charge in [0.1, 0.15) is 17.7 Å². The monoisotopic (exact) mass is 413 g/mol. The van der Waals surface area contributed by atoms with Crippen LogP contribution in [0.1, 0.15) is 17.2 Å². The van der Waals surface area contributed by atoms with Crippen LogP contribution in [-0.2, 0) is 6.42 Å². The average molecular weight is 414 g/mol. The molecule has 4 rings (SSSR count). The molecule has 0 aromatic heterocycles. The van der Waals surface area contributed by atoms with E-state index in [1.807, 2.05) is 42.5 Å². The number of halogens is 2.